The minimum Gasteiger partial charge on any atom is -0.399 e. The zero-order chi connectivity index (χ0) is 14.0. The number of sulfone groups is 1. The van der Waals surface area contributed by atoms with E-state index in [1.165, 1.54) is 24.3 Å². The van der Waals surface area contributed by atoms with Gasteiger partial charge in [-0.3, -0.25) is 0 Å². The van der Waals surface area contributed by atoms with Crippen molar-refractivity contribution in [2.75, 3.05) is 5.73 Å². The third kappa shape index (κ3) is 3.08. The SMILES string of the molecule is Nc1cc(F)cc(CS(=O)(=O)c2ccccc2F)c1. The summed E-state index contributed by atoms with van der Waals surface area (Å²) in [6.07, 6.45) is 0. The first-order valence-corrected chi connectivity index (χ1v) is 7.06. The Morgan fingerprint density at radius 2 is 1.74 bits per heavy atom. The van der Waals surface area contributed by atoms with Gasteiger partial charge in [-0.15, -0.1) is 0 Å². The maximum Gasteiger partial charge on any atom is 0.185 e. The minimum atomic E-state index is -3.87. The highest BCUT2D eigenvalue weighted by Gasteiger charge is 2.19. The number of halogens is 2. The second-order valence-electron chi connectivity index (χ2n) is 4.08. The van der Waals surface area contributed by atoms with Crippen LogP contribution in [-0.2, 0) is 15.6 Å². The molecule has 100 valence electrons. The Balaban J connectivity index is 2.39. The standard InChI is InChI=1S/C13H11F2NO2S/c14-10-5-9(6-11(16)7-10)8-19(17,18)13-4-2-1-3-12(13)15/h1-7H,8,16H2. The number of nitrogen functional groups attached to an aromatic ring is 1. The van der Waals surface area contributed by atoms with Gasteiger partial charge >= 0.3 is 0 Å². The fraction of sp³-hybridized carbons (Fsp3) is 0.0769. The molecule has 0 unspecified atom stereocenters. The maximum atomic E-state index is 13.5. The van der Waals surface area contributed by atoms with Crippen LogP contribution >= 0.6 is 0 Å². The average Bonchev–Trinajstić information content (AvgIpc) is 2.26. The topological polar surface area (TPSA) is 60.2 Å². The van der Waals surface area contributed by atoms with E-state index < -0.39 is 32.1 Å². The summed E-state index contributed by atoms with van der Waals surface area (Å²) in [5, 5.41) is 0. The number of benzene rings is 2. The smallest absolute Gasteiger partial charge is 0.185 e. The Morgan fingerprint density at radius 3 is 2.37 bits per heavy atom. The van der Waals surface area contributed by atoms with Gasteiger partial charge in [-0.1, -0.05) is 12.1 Å². The van der Waals surface area contributed by atoms with Gasteiger partial charge in [0.1, 0.15) is 16.5 Å². The Labute approximate surface area is 109 Å². The Kier molecular flexibility index (Phi) is 3.53. The van der Waals surface area contributed by atoms with Gasteiger partial charge in [-0.2, -0.15) is 0 Å². The van der Waals surface area contributed by atoms with Crippen LogP contribution in [0.25, 0.3) is 0 Å². The highest BCUT2D eigenvalue weighted by Crippen LogP contribution is 2.21. The molecule has 2 aromatic rings. The van der Waals surface area contributed by atoms with E-state index in [1.807, 2.05) is 0 Å². The Hall–Kier alpha value is -1.95. The van der Waals surface area contributed by atoms with Crippen molar-refractivity contribution in [3.8, 4) is 0 Å². The maximum absolute atomic E-state index is 13.5. The monoisotopic (exact) mass is 283 g/mol. The van der Waals surface area contributed by atoms with Crippen molar-refractivity contribution in [3.63, 3.8) is 0 Å². The lowest BCUT2D eigenvalue weighted by molar-refractivity contribution is 0.566. The predicted octanol–water partition coefficient (Wildman–Crippen LogP) is 2.52. The minimum absolute atomic E-state index is 0.124. The van der Waals surface area contributed by atoms with Gasteiger partial charge in [0.2, 0.25) is 0 Å². The van der Waals surface area contributed by atoms with Crippen LogP contribution in [0.3, 0.4) is 0 Å². The Morgan fingerprint density at radius 1 is 1.05 bits per heavy atom. The normalized spacial score (nSPS) is 11.5. The summed E-state index contributed by atoms with van der Waals surface area (Å²) >= 11 is 0. The summed E-state index contributed by atoms with van der Waals surface area (Å²) in [6, 6.07) is 8.56. The summed E-state index contributed by atoms with van der Waals surface area (Å²) in [4.78, 5) is -0.405. The van der Waals surface area contributed by atoms with Crippen molar-refractivity contribution in [2.45, 2.75) is 10.6 Å². The first-order chi connectivity index (χ1) is 8.88. The molecule has 2 rings (SSSR count). The highest BCUT2D eigenvalue weighted by molar-refractivity contribution is 7.90. The number of nitrogens with two attached hydrogens (primary N) is 1. The van der Waals surface area contributed by atoms with Gasteiger partial charge in [0.05, 0.1) is 5.75 Å². The van der Waals surface area contributed by atoms with E-state index >= 15 is 0 Å². The lowest BCUT2D eigenvalue weighted by atomic mass is 10.2. The summed E-state index contributed by atoms with van der Waals surface area (Å²) in [5.41, 5.74) is 5.74. The van der Waals surface area contributed by atoms with Crippen molar-refractivity contribution < 1.29 is 17.2 Å². The molecule has 3 nitrogen and oxygen atoms in total. The van der Waals surface area contributed by atoms with Crippen LogP contribution in [0.4, 0.5) is 14.5 Å². The average molecular weight is 283 g/mol. The summed E-state index contributed by atoms with van der Waals surface area (Å²) in [7, 11) is -3.87. The third-order valence-corrected chi connectivity index (χ3v) is 4.22. The van der Waals surface area contributed by atoms with E-state index in [4.69, 9.17) is 5.73 Å². The molecule has 2 N–H and O–H groups in total. The second kappa shape index (κ2) is 4.97. The number of hydrogen-bond acceptors (Lipinski definition) is 3. The molecule has 0 aliphatic carbocycles. The predicted molar refractivity (Wildman–Crippen MR) is 68.1 cm³/mol. The zero-order valence-electron chi connectivity index (χ0n) is 9.81. The van der Waals surface area contributed by atoms with E-state index in [9.17, 15) is 17.2 Å². The molecule has 0 bridgehead atoms. The van der Waals surface area contributed by atoms with Crippen LogP contribution in [-0.4, -0.2) is 8.42 Å². The molecule has 0 aliphatic rings. The molecule has 0 spiro atoms. The third-order valence-electron chi connectivity index (χ3n) is 2.51. The molecule has 0 radical (unpaired) electrons. The van der Waals surface area contributed by atoms with E-state index in [2.05, 4.69) is 0 Å². The summed E-state index contributed by atoms with van der Waals surface area (Å²) in [6.45, 7) is 0. The van der Waals surface area contributed by atoms with Crippen molar-refractivity contribution in [1.82, 2.24) is 0 Å². The van der Waals surface area contributed by atoms with E-state index in [0.717, 1.165) is 18.2 Å². The molecular weight excluding hydrogens is 272 g/mol. The molecule has 6 heteroatoms. The van der Waals surface area contributed by atoms with Gasteiger partial charge in [-0.25, -0.2) is 17.2 Å². The van der Waals surface area contributed by atoms with Crippen LogP contribution < -0.4 is 5.73 Å². The molecular formula is C13H11F2NO2S. The number of rotatable bonds is 3. The lowest BCUT2D eigenvalue weighted by Crippen LogP contribution is -2.07. The molecule has 0 aromatic heterocycles. The largest absolute Gasteiger partial charge is 0.399 e. The van der Waals surface area contributed by atoms with Crippen LogP contribution in [0.1, 0.15) is 5.56 Å². The number of anilines is 1. The second-order valence-corrected chi connectivity index (χ2v) is 6.04. The fourth-order valence-electron chi connectivity index (χ4n) is 1.75. The van der Waals surface area contributed by atoms with Crippen molar-refractivity contribution in [1.29, 1.82) is 0 Å². The molecule has 0 heterocycles. The van der Waals surface area contributed by atoms with Crippen LogP contribution in [0.15, 0.2) is 47.4 Å². The van der Waals surface area contributed by atoms with Crippen molar-refractivity contribution in [3.05, 3.63) is 59.7 Å². The molecule has 0 fully saturated rings. The van der Waals surface area contributed by atoms with Crippen molar-refractivity contribution >= 4 is 15.5 Å². The van der Waals surface area contributed by atoms with Gasteiger partial charge in [0, 0.05) is 5.69 Å². The van der Waals surface area contributed by atoms with Crippen molar-refractivity contribution in [2.24, 2.45) is 0 Å². The molecule has 2 aromatic carbocycles. The van der Waals surface area contributed by atoms with E-state index in [-0.39, 0.29) is 11.3 Å². The van der Waals surface area contributed by atoms with Gasteiger partial charge < -0.3 is 5.73 Å². The number of hydrogen-bond donors (Lipinski definition) is 1. The molecule has 0 saturated carbocycles. The van der Waals surface area contributed by atoms with Crippen LogP contribution in [0.2, 0.25) is 0 Å². The molecule has 0 saturated heterocycles. The molecule has 0 atom stereocenters. The van der Waals surface area contributed by atoms with E-state index in [1.54, 1.807) is 0 Å². The summed E-state index contributed by atoms with van der Waals surface area (Å²) in [5.74, 6) is -1.96. The van der Waals surface area contributed by atoms with Gasteiger partial charge in [0.15, 0.2) is 9.84 Å². The molecule has 0 amide bonds. The molecule has 19 heavy (non-hydrogen) atoms. The lowest BCUT2D eigenvalue weighted by Gasteiger charge is -2.06. The molecule has 0 aliphatic heterocycles. The van der Waals surface area contributed by atoms with Crippen LogP contribution in [0, 0.1) is 11.6 Å². The van der Waals surface area contributed by atoms with E-state index in [0.29, 0.717) is 0 Å². The first-order valence-electron chi connectivity index (χ1n) is 5.41. The fourth-order valence-corrected chi connectivity index (χ4v) is 3.16. The first kappa shape index (κ1) is 13.5. The summed E-state index contributed by atoms with van der Waals surface area (Å²) < 4.78 is 50.7. The van der Waals surface area contributed by atoms with Gasteiger partial charge in [0.25, 0.3) is 0 Å². The highest BCUT2D eigenvalue weighted by atomic mass is 32.2. The Bertz CT molecular complexity index is 694. The van der Waals surface area contributed by atoms with Crippen LogP contribution in [0.5, 0.6) is 0 Å². The van der Waals surface area contributed by atoms with Gasteiger partial charge in [-0.05, 0) is 35.9 Å². The quantitative estimate of drug-likeness (QED) is 0.880. The zero-order valence-corrected chi connectivity index (χ0v) is 10.6.